The predicted molar refractivity (Wildman–Crippen MR) is 87.4 cm³/mol. The highest BCUT2D eigenvalue weighted by molar-refractivity contribution is 5.78. The Morgan fingerprint density at radius 2 is 2.42 bits per heavy atom. The van der Waals surface area contributed by atoms with E-state index in [-0.39, 0.29) is 18.4 Å². The van der Waals surface area contributed by atoms with Crippen molar-refractivity contribution >= 4 is 23.4 Å². The molecule has 9 heteroatoms. The van der Waals surface area contributed by atoms with E-state index in [9.17, 15) is 4.79 Å². The Kier molecular flexibility index (Phi) is 4.56. The van der Waals surface area contributed by atoms with Crippen LogP contribution in [0.25, 0.3) is 0 Å². The van der Waals surface area contributed by atoms with Gasteiger partial charge in [-0.2, -0.15) is 15.3 Å². The van der Waals surface area contributed by atoms with E-state index in [0.29, 0.717) is 24.9 Å². The van der Waals surface area contributed by atoms with Gasteiger partial charge in [0.2, 0.25) is 11.9 Å². The van der Waals surface area contributed by atoms with Gasteiger partial charge in [0.05, 0.1) is 18.0 Å². The number of nitrogens with one attached hydrogen (secondary N) is 2. The van der Waals surface area contributed by atoms with Crippen molar-refractivity contribution in [2.24, 2.45) is 7.05 Å². The van der Waals surface area contributed by atoms with Gasteiger partial charge < -0.3 is 15.5 Å². The number of carbonyl (C=O) groups is 1. The Morgan fingerprint density at radius 3 is 3.17 bits per heavy atom. The van der Waals surface area contributed by atoms with E-state index in [0.717, 1.165) is 12.1 Å². The fraction of sp³-hybridized carbons (Fsp3) is 0.400. The normalized spacial score (nSPS) is 16.7. The first-order valence-electron chi connectivity index (χ1n) is 7.64. The van der Waals surface area contributed by atoms with Crippen molar-refractivity contribution < 1.29 is 4.79 Å². The summed E-state index contributed by atoms with van der Waals surface area (Å²) in [6, 6.07) is 3.80. The van der Waals surface area contributed by atoms with Crippen LogP contribution in [-0.2, 0) is 11.8 Å². The molecule has 2 N–H and O–H groups in total. The molecule has 124 valence electrons. The van der Waals surface area contributed by atoms with Crippen molar-refractivity contribution in [2.45, 2.75) is 18.9 Å². The van der Waals surface area contributed by atoms with Crippen LogP contribution in [0.15, 0.2) is 24.7 Å². The van der Waals surface area contributed by atoms with Crippen LogP contribution in [0.1, 0.15) is 12.8 Å². The average molecular weight is 326 g/mol. The number of hydrogen-bond acceptors (Lipinski definition) is 7. The fourth-order valence-electron chi connectivity index (χ4n) is 2.61. The van der Waals surface area contributed by atoms with Crippen LogP contribution in [0.3, 0.4) is 0 Å². The summed E-state index contributed by atoms with van der Waals surface area (Å²) in [7, 11) is 1.84. The zero-order chi connectivity index (χ0) is 16.9. The van der Waals surface area contributed by atoms with Crippen molar-refractivity contribution in [2.75, 3.05) is 23.7 Å². The summed E-state index contributed by atoms with van der Waals surface area (Å²) in [6.07, 6.45) is 5.95. The first kappa shape index (κ1) is 15.7. The number of anilines is 3. The van der Waals surface area contributed by atoms with Gasteiger partial charge in [-0.05, 0) is 12.5 Å². The first-order chi connectivity index (χ1) is 11.6. The molecule has 1 saturated heterocycles. The maximum Gasteiger partial charge on any atom is 0.236 e. The minimum atomic E-state index is -0.122. The van der Waals surface area contributed by atoms with Crippen LogP contribution < -0.4 is 10.6 Å². The molecule has 3 heterocycles. The smallest absolute Gasteiger partial charge is 0.236 e. The molecular formula is C15H18N8O. The van der Waals surface area contributed by atoms with E-state index in [4.69, 9.17) is 5.26 Å². The summed E-state index contributed by atoms with van der Waals surface area (Å²) in [5.74, 6) is 1.04. The largest absolute Gasteiger partial charge is 0.365 e. The number of nitriles is 1. The Labute approximate surface area is 139 Å². The number of nitrogens with zero attached hydrogens (tertiary/aromatic N) is 6. The predicted octanol–water partition coefficient (Wildman–Crippen LogP) is 0.880. The Morgan fingerprint density at radius 1 is 1.54 bits per heavy atom. The quantitative estimate of drug-likeness (QED) is 0.838. The maximum absolute atomic E-state index is 11.7. The third-order valence-corrected chi connectivity index (χ3v) is 3.74. The van der Waals surface area contributed by atoms with Crippen LogP contribution in [-0.4, -0.2) is 49.7 Å². The summed E-state index contributed by atoms with van der Waals surface area (Å²) < 4.78 is 1.69. The highest BCUT2D eigenvalue weighted by atomic mass is 16.2. The van der Waals surface area contributed by atoms with E-state index in [1.54, 1.807) is 28.0 Å². The molecule has 0 saturated carbocycles. The summed E-state index contributed by atoms with van der Waals surface area (Å²) in [5.41, 5.74) is 0.809. The van der Waals surface area contributed by atoms with Crippen molar-refractivity contribution in [1.82, 2.24) is 24.6 Å². The first-order valence-corrected chi connectivity index (χ1v) is 7.64. The molecule has 9 nitrogen and oxygen atoms in total. The van der Waals surface area contributed by atoms with Gasteiger partial charge in [-0.15, -0.1) is 0 Å². The summed E-state index contributed by atoms with van der Waals surface area (Å²) in [5, 5.41) is 19.1. The molecule has 1 atom stereocenters. The number of hydrogen-bond donors (Lipinski definition) is 2. The molecule has 1 amide bonds. The number of likely N-dealkylation sites (tertiary alicyclic amines) is 1. The standard InChI is InChI=1S/C15H18N8O/c1-22-9-12(8-18-22)20-15-17-6-3-13(21-15)19-11-4-7-23(10-11)14(24)2-5-16/h3,6,8-9,11H,2,4,7,10H2,1H3,(H2,17,19,20,21). The molecule has 1 fully saturated rings. The van der Waals surface area contributed by atoms with Crippen LogP contribution in [0.4, 0.5) is 17.5 Å². The molecular weight excluding hydrogens is 308 g/mol. The molecule has 0 aliphatic carbocycles. The molecule has 0 spiro atoms. The van der Waals surface area contributed by atoms with E-state index >= 15 is 0 Å². The minimum Gasteiger partial charge on any atom is -0.365 e. The highest BCUT2D eigenvalue weighted by Crippen LogP contribution is 2.17. The lowest BCUT2D eigenvalue weighted by atomic mass is 10.2. The maximum atomic E-state index is 11.7. The zero-order valence-electron chi connectivity index (χ0n) is 13.3. The summed E-state index contributed by atoms with van der Waals surface area (Å²) >= 11 is 0. The van der Waals surface area contributed by atoms with E-state index in [1.165, 1.54) is 0 Å². The van der Waals surface area contributed by atoms with Crippen molar-refractivity contribution in [3.8, 4) is 6.07 Å². The van der Waals surface area contributed by atoms with Gasteiger partial charge >= 0.3 is 0 Å². The van der Waals surface area contributed by atoms with Gasteiger partial charge in [0.1, 0.15) is 12.2 Å². The molecule has 1 unspecified atom stereocenters. The number of rotatable bonds is 5. The van der Waals surface area contributed by atoms with E-state index in [1.807, 2.05) is 19.3 Å². The number of aromatic nitrogens is 4. The van der Waals surface area contributed by atoms with E-state index in [2.05, 4.69) is 25.7 Å². The number of carbonyl (C=O) groups excluding carboxylic acids is 1. The third-order valence-electron chi connectivity index (χ3n) is 3.74. The molecule has 2 aromatic rings. The topological polar surface area (TPSA) is 112 Å². The molecule has 24 heavy (non-hydrogen) atoms. The molecule has 0 aromatic carbocycles. The second kappa shape index (κ2) is 6.95. The molecule has 0 radical (unpaired) electrons. The van der Waals surface area contributed by atoms with Crippen molar-refractivity contribution in [3.63, 3.8) is 0 Å². The second-order valence-electron chi connectivity index (χ2n) is 5.60. The lowest BCUT2D eigenvalue weighted by Gasteiger charge is -2.16. The average Bonchev–Trinajstić information content (AvgIpc) is 3.17. The van der Waals surface area contributed by atoms with Gasteiger partial charge in [0.15, 0.2) is 0 Å². The zero-order valence-corrected chi connectivity index (χ0v) is 13.3. The Bertz CT molecular complexity index is 765. The van der Waals surface area contributed by atoms with Gasteiger partial charge in [0, 0.05) is 38.6 Å². The van der Waals surface area contributed by atoms with Crippen LogP contribution in [0, 0.1) is 11.3 Å². The number of aryl methyl sites for hydroxylation is 1. The van der Waals surface area contributed by atoms with E-state index < -0.39 is 0 Å². The van der Waals surface area contributed by atoms with Crippen molar-refractivity contribution in [1.29, 1.82) is 5.26 Å². The molecule has 3 rings (SSSR count). The Hall–Kier alpha value is -3.15. The number of amides is 1. The molecule has 2 aromatic heterocycles. The SMILES string of the molecule is Cn1cc(Nc2nccc(NC3CCN(C(=O)CC#N)C3)n2)cn1. The highest BCUT2D eigenvalue weighted by Gasteiger charge is 2.26. The van der Waals surface area contributed by atoms with Gasteiger partial charge in [-0.1, -0.05) is 0 Å². The second-order valence-corrected chi connectivity index (χ2v) is 5.60. The van der Waals surface area contributed by atoms with Gasteiger partial charge in [0.25, 0.3) is 0 Å². The summed E-state index contributed by atoms with van der Waals surface area (Å²) in [4.78, 5) is 22.0. The molecule has 1 aliphatic heterocycles. The van der Waals surface area contributed by atoms with Crippen LogP contribution >= 0.6 is 0 Å². The molecule has 0 bridgehead atoms. The monoisotopic (exact) mass is 326 g/mol. The van der Waals surface area contributed by atoms with Gasteiger partial charge in [-0.3, -0.25) is 9.48 Å². The third kappa shape index (κ3) is 3.78. The molecule has 1 aliphatic rings. The van der Waals surface area contributed by atoms with Crippen molar-refractivity contribution in [3.05, 3.63) is 24.7 Å². The van der Waals surface area contributed by atoms with Crippen LogP contribution in [0.5, 0.6) is 0 Å². The summed E-state index contributed by atoms with van der Waals surface area (Å²) in [6.45, 7) is 1.24. The lowest BCUT2D eigenvalue weighted by molar-refractivity contribution is -0.129. The lowest BCUT2D eigenvalue weighted by Crippen LogP contribution is -2.31. The minimum absolute atomic E-state index is 0.0700. The van der Waals surface area contributed by atoms with Crippen LogP contribution in [0.2, 0.25) is 0 Å². The van der Waals surface area contributed by atoms with Gasteiger partial charge in [-0.25, -0.2) is 4.98 Å². The Balaban J connectivity index is 1.59. The fourth-order valence-corrected chi connectivity index (χ4v) is 2.61.